The highest BCUT2D eigenvalue weighted by molar-refractivity contribution is 6.04. The zero-order valence-electron chi connectivity index (χ0n) is 14.2. The van der Waals surface area contributed by atoms with E-state index in [9.17, 15) is 14.3 Å². The van der Waals surface area contributed by atoms with Gasteiger partial charge in [0.25, 0.3) is 0 Å². The molecule has 0 bridgehead atoms. The van der Waals surface area contributed by atoms with Gasteiger partial charge in [0.1, 0.15) is 17.6 Å². The Balaban J connectivity index is 1.80. The number of hydrogen-bond acceptors (Lipinski definition) is 4. The highest BCUT2D eigenvalue weighted by Gasteiger charge is 2.18. The second-order valence-electron chi connectivity index (χ2n) is 5.67. The number of rotatable bonds is 5. The molecular formula is C21H17FN2O3. The lowest BCUT2D eigenvalue weighted by molar-refractivity contribution is 0.163. The standard InChI is InChI=1S/C21H17FN2O3/c22-17-11-13-18(14-12-17)23-21(26)27-24-19(15-7-3-1-4-8-15)20(25)16-9-5-2-6-10-16/h1-14,20,25H,(H,23,26)/b24-19-/t20-/m0/s1. The van der Waals surface area contributed by atoms with Crippen molar-refractivity contribution in [1.82, 2.24) is 0 Å². The molecule has 0 aliphatic carbocycles. The van der Waals surface area contributed by atoms with Crippen LogP contribution in [0.25, 0.3) is 0 Å². The van der Waals surface area contributed by atoms with E-state index in [-0.39, 0.29) is 5.71 Å². The van der Waals surface area contributed by atoms with Crippen molar-refractivity contribution in [2.24, 2.45) is 5.16 Å². The van der Waals surface area contributed by atoms with Crippen LogP contribution < -0.4 is 5.32 Å². The third kappa shape index (κ3) is 4.99. The Morgan fingerprint density at radius 3 is 2.15 bits per heavy atom. The lowest BCUT2D eigenvalue weighted by Gasteiger charge is -2.14. The predicted molar refractivity (Wildman–Crippen MR) is 101 cm³/mol. The summed E-state index contributed by atoms with van der Waals surface area (Å²) in [5.41, 5.74) is 1.78. The second kappa shape index (κ2) is 8.73. The van der Waals surface area contributed by atoms with E-state index in [1.165, 1.54) is 24.3 Å². The summed E-state index contributed by atoms with van der Waals surface area (Å²) in [6.45, 7) is 0. The molecule has 3 aromatic carbocycles. The molecule has 5 nitrogen and oxygen atoms in total. The lowest BCUT2D eigenvalue weighted by atomic mass is 9.99. The van der Waals surface area contributed by atoms with Crippen molar-refractivity contribution in [3.63, 3.8) is 0 Å². The van der Waals surface area contributed by atoms with E-state index in [1.54, 1.807) is 48.5 Å². The van der Waals surface area contributed by atoms with E-state index in [2.05, 4.69) is 10.5 Å². The van der Waals surface area contributed by atoms with Crippen LogP contribution in [-0.2, 0) is 4.84 Å². The van der Waals surface area contributed by atoms with Crippen molar-refractivity contribution in [2.75, 3.05) is 5.32 Å². The molecule has 0 spiro atoms. The maximum Gasteiger partial charge on any atom is 0.437 e. The number of benzene rings is 3. The number of anilines is 1. The predicted octanol–water partition coefficient (Wildman–Crippen LogP) is 4.51. The van der Waals surface area contributed by atoms with E-state index in [1.807, 2.05) is 12.1 Å². The quantitative estimate of drug-likeness (QED) is 0.397. The molecule has 1 amide bonds. The number of carbonyl (C=O) groups excluding carboxylic acids is 1. The summed E-state index contributed by atoms with van der Waals surface area (Å²) in [4.78, 5) is 16.9. The minimum atomic E-state index is -1.08. The van der Waals surface area contributed by atoms with Crippen molar-refractivity contribution in [3.05, 3.63) is 102 Å². The van der Waals surface area contributed by atoms with Gasteiger partial charge in [-0.25, -0.2) is 9.18 Å². The third-order valence-electron chi connectivity index (χ3n) is 3.76. The van der Waals surface area contributed by atoms with Gasteiger partial charge >= 0.3 is 6.09 Å². The number of nitrogens with one attached hydrogen (secondary N) is 1. The van der Waals surface area contributed by atoms with Crippen LogP contribution in [0.1, 0.15) is 17.2 Å². The Morgan fingerprint density at radius 1 is 0.926 bits per heavy atom. The Bertz CT molecular complexity index is 913. The number of oxime groups is 1. The first kappa shape index (κ1) is 18.3. The van der Waals surface area contributed by atoms with Crippen LogP contribution in [0.4, 0.5) is 14.9 Å². The molecule has 0 saturated carbocycles. The summed E-state index contributed by atoms with van der Waals surface area (Å²) in [5.74, 6) is -0.413. The number of aliphatic hydroxyl groups excluding tert-OH is 1. The van der Waals surface area contributed by atoms with Gasteiger partial charge in [0, 0.05) is 11.3 Å². The Kier molecular flexibility index (Phi) is 5.91. The lowest BCUT2D eigenvalue weighted by Crippen LogP contribution is -2.17. The fourth-order valence-corrected chi connectivity index (χ4v) is 2.43. The van der Waals surface area contributed by atoms with Crippen LogP contribution in [0.5, 0.6) is 0 Å². The summed E-state index contributed by atoms with van der Waals surface area (Å²) in [7, 11) is 0. The summed E-state index contributed by atoms with van der Waals surface area (Å²) in [6.07, 6.45) is -1.93. The number of aliphatic hydroxyl groups is 1. The summed E-state index contributed by atoms with van der Waals surface area (Å²) >= 11 is 0. The van der Waals surface area contributed by atoms with Crippen molar-refractivity contribution in [1.29, 1.82) is 0 Å². The van der Waals surface area contributed by atoms with Gasteiger partial charge < -0.3 is 5.11 Å². The largest absolute Gasteiger partial charge is 0.437 e. The van der Waals surface area contributed by atoms with Gasteiger partial charge in [0.05, 0.1) is 0 Å². The zero-order chi connectivity index (χ0) is 19.1. The Morgan fingerprint density at radius 2 is 1.52 bits per heavy atom. The van der Waals surface area contributed by atoms with Gasteiger partial charge in [-0.05, 0) is 29.8 Å². The maximum atomic E-state index is 12.9. The molecule has 0 aromatic heterocycles. The Hall–Kier alpha value is -3.51. The molecule has 3 rings (SSSR count). The molecule has 1 atom stereocenters. The first-order valence-electron chi connectivity index (χ1n) is 8.23. The van der Waals surface area contributed by atoms with Crippen molar-refractivity contribution in [2.45, 2.75) is 6.10 Å². The molecule has 0 saturated heterocycles. The third-order valence-corrected chi connectivity index (χ3v) is 3.76. The van der Waals surface area contributed by atoms with Crippen LogP contribution in [0.3, 0.4) is 0 Å². The van der Waals surface area contributed by atoms with Crippen LogP contribution in [0.2, 0.25) is 0 Å². The monoisotopic (exact) mass is 364 g/mol. The van der Waals surface area contributed by atoms with Gasteiger partial charge in [-0.1, -0.05) is 65.8 Å². The van der Waals surface area contributed by atoms with Gasteiger partial charge in [0.2, 0.25) is 0 Å². The molecule has 0 aliphatic rings. The number of halogens is 1. The molecule has 0 unspecified atom stereocenters. The number of carbonyl (C=O) groups is 1. The second-order valence-corrected chi connectivity index (χ2v) is 5.67. The van der Waals surface area contributed by atoms with E-state index in [4.69, 9.17) is 4.84 Å². The maximum absolute atomic E-state index is 12.9. The average molecular weight is 364 g/mol. The van der Waals surface area contributed by atoms with E-state index in [0.29, 0.717) is 16.8 Å². The van der Waals surface area contributed by atoms with Crippen LogP contribution in [0.15, 0.2) is 90.1 Å². The number of nitrogens with zero attached hydrogens (tertiary/aromatic N) is 1. The highest BCUT2D eigenvalue weighted by Crippen LogP contribution is 2.19. The first-order valence-corrected chi connectivity index (χ1v) is 8.23. The van der Waals surface area contributed by atoms with E-state index in [0.717, 1.165) is 0 Å². The van der Waals surface area contributed by atoms with Crippen molar-refractivity contribution < 1.29 is 19.1 Å². The SMILES string of the molecule is O=C(Nc1ccc(F)cc1)O/N=C(/c1ccccc1)[C@@H](O)c1ccccc1. The smallest absolute Gasteiger partial charge is 0.382 e. The molecule has 6 heteroatoms. The van der Waals surface area contributed by atoms with Gasteiger partial charge in [0.15, 0.2) is 0 Å². The molecule has 136 valence electrons. The van der Waals surface area contributed by atoms with Gasteiger partial charge in [-0.15, -0.1) is 0 Å². The topological polar surface area (TPSA) is 70.9 Å². The fraction of sp³-hybridized carbons (Fsp3) is 0.0476. The van der Waals surface area contributed by atoms with Crippen molar-refractivity contribution >= 4 is 17.5 Å². The normalized spacial score (nSPS) is 12.3. The van der Waals surface area contributed by atoms with Gasteiger partial charge in [-0.3, -0.25) is 10.2 Å². The number of hydrogen-bond donors (Lipinski definition) is 2. The molecule has 2 N–H and O–H groups in total. The molecule has 0 aliphatic heterocycles. The summed E-state index contributed by atoms with van der Waals surface area (Å²) in [6, 6.07) is 23.1. The van der Waals surface area contributed by atoms with Crippen LogP contribution in [-0.4, -0.2) is 16.9 Å². The molecule has 27 heavy (non-hydrogen) atoms. The molecule has 3 aromatic rings. The van der Waals surface area contributed by atoms with E-state index < -0.39 is 18.0 Å². The molecule has 0 radical (unpaired) electrons. The summed E-state index contributed by atoms with van der Waals surface area (Å²) in [5, 5.41) is 17.0. The average Bonchev–Trinajstić information content (AvgIpc) is 2.71. The Labute approximate surface area is 155 Å². The molecular weight excluding hydrogens is 347 g/mol. The van der Waals surface area contributed by atoms with Crippen LogP contribution in [0, 0.1) is 5.82 Å². The first-order chi connectivity index (χ1) is 13.1. The highest BCUT2D eigenvalue weighted by atomic mass is 19.1. The molecule has 0 fully saturated rings. The van der Waals surface area contributed by atoms with E-state index >= 15 is 0 Å². The van der Waals surface area contributed by atoms with Crippen LogP contribution >= 0.6 is 0 Å². The fourth-order valence-electron chi connectivity index (χ4n) is 2.43. The minimum absolute atomic E-state index is 0.191. The summed E-state index contributed by atoms with van der Waals surface area (Å²) < 4.78 is 12.9. The number of amides is 1. The molecule has 0 heterocycles. The zero-order valence-corrected chi connectivity index (χ0v) is 14.2. The van der Waals surface area contributed by atoms with Crippen molar-refractivity contribution in [3.8, 4) is 0 Å². The van der Waals surface area contributed by atoms with Gasteiger partial charge in [-0.2, -0.15) is 0 Å². The minimum Gasteiger partial charge on any atom is -0.382 e.